The number of nitrogens with zero attached hydrogens (tertiary/aromatic N) is 1. The Morgan fingerprint density at radius 3 is 1.60 bits per heavy atom. The molecule has 484 valence electrons. The van der Waals surface area contributed by atoms with Gasteiger partial charge in [-0.25, -0.2) is 0 Å². The van der Waals surface area contributed by atoms with Crippen molar-refractivity contribution in [2.75, 3.05) is 19.7 Å². The SMILES string of the molecule is CCC[C@H](NC(=O)[C@@H]1CCCN1C(=O)[C@@H](NC(=O)[C@@H](NC(=O)[C@H](CCC(=O)O)NC(=O)[C@H](CCC(=O)O)NC(C)=O)C(C)C)C(C)C)C(=O)C(=O)NCC(=O)N[C@H](C(=O)N[C@H](CO)C(=O)N[C@@H](Cc1ccc(C)cc1)C(=O)N[C@@H](CC)C(N)=O)C(C)O. The molecule has 1 aliphatic rings. The summed E-state index contributed by atoms with van der Waals surface area (Å²) in [6.07, 6.45) is -3.11. The summed E-state index contributed by atoms with van der Waals surface area (Å²) in [5.41, 5.74) is 6.90. The summed E-state index contributed by atoms with van der Waals surface area (Å²) < 4.78 is 0. The summed E-state index contributed by atoms with van der Waals surface area (Å²) in [4.78, 5) is 197. The van der Waals surface area contributed by atoms with Gasteiger partial charge < -0.3 is 84.2 Å². The number of carboxylic acid groups (broad SMARTS) is 2. The number of hydrogen-bond donors (Lipinski definition) is 15. The lowest BCUT2D eigenvalue weighted by molar-refractivity contribution is -0.144. The minimum absolute atomic E-state index is 0.0193. The number of aliphatic hydroxyl groups is 2. The van der Waals surface area contributed by atoms with Crippen LogP contribution in [0, 0.1) is 18.8 Å². The molecule has 1 aliphatic heterocycles. The molecule has 31 nitrogen and oxygen atoms in total. The Kier molecular flexibility index (Phi) is 31.2. The van der Waals surface area contributed by atoms with E-state index >= 15 is 0 Å². The van der Waals surface area contributed by atoms with Crippen LogP contribution in [-0.2, 0) is 78.3 Å². The molecule has 11 atom stereocenters. The fourth-order valence-electron chi connectivity index (χ4n) is 9.02. The van der Waals surface area contributed by atoms with E-state index in [0.717, 1.165) is 19.4 Å². The molecule has 12 amide bonds. The third-order valence-electron chi connectivity index (χ3n) is 13.9. The quantitative estimate of drug-likeness (QED) is 0.0280. The number of carboxylic acids is 2. The molecule has 0 bridgehead atoms. The van der Waals surface area contributed by atoms with Gasteiger partial charge in [-0.2, -0.15) is 0 Å². The molecule has 0 radical (unpaired) electrons. The molecule has 0 aromatic heterocycles. The predicted molar refractivity (Wildman–Crippen MR) is 307 cm³/mol. The largest absolute Gasteiger partial charge is 0.481 e. The number of rotatable bonds is 37. The van der Waals surface area contributed by atoms with E-state index in [1.807, 2.05) is 6.92 Å². The molecule has 1 fully saturated rings. The van der Waals surface area contributed by atoms with E-state index in [2.05, 4.69) is 53.2 Å². The Labute approximate surface area is 503 Å². The van der Waals surface area contributed by atoms with Gasteiger partial charge >= 0.3 is 11.9 Å². The molecular formula is C56H86N12O19. The van der Waals surface area contributed by atoms with Crippen molar-refractivity contribution < 1.29 is 92.3 Å². The Bertz CT molecular complexity index is 2650. The first-order valence-electron chi connectivity index (χ1n) is 28.7. The first-order chi connectivity index (χ1) is 40.8. The van der Waals surface area contributed by atoms with Crippen LogP contribution in [0.3, 0.4) is 0 Å². The highest BCUT2D eigenvalue weighted by atomic mass is 16.4. The number of primary amides is 1. The highest BCUT2D eigenvalue weighted by Crippen LogP contribution is 2.22. The lowest BCUT2D eigenvalue weighted by Gasteiger charge is -2.33. The first kappa shape index (κ1) is 74.5. The molecule has 1 aromatic rings. The van der Waals surface area contributed by atoms with Crippen molar-refractivity contribution in [3.05, 3.63) is 35.4 Å². The minimum atomic E-state index is -1.82. The average Bonchev–Trinajstić information content (AvgIpc) is 2.55. The van der Waals surface area contributed by atoms with Crippen LogP contribution in [0.1, 0.15) is 124 Å². The molecule has 16 N–H and O–H groups in total. The normalized spacial score (nSPS) is 16.3. The third kappa shape index (κ3) is 24.7. The van der Waals surface area contributed by atoms with E-state index in [-0.39, 0.29) is 45.1 Å². The maximum absolute atomic E-state index is 14.3. The summed E-state index contributed by atoms with van der Waals surface area (Å²) in [6, 6.07) is -7.53. The van der Waals surface area contributed by atoms with E-state index in [1.54, 1.807) is 65.8 Å². The zero-order valence-corrected chi connectivity index (χ0v) is 50.4. The lowest BCUT2D eigenvalue weighted by Crippen LogP contribution is -2.61. The van der Waals surface area contributed by atoms with Gasteiger partial charge in [0.15, 0.2) is 0 Å². The van der Waals surface area contributed by atoms with E-state index in [0.29, 0.717) is 12.0 Å². The summed E-state index contributed by atoms with van der Waals surface area (Å²) in [6.45, 7) is 11.6. The second-order valence-corrected chi connectivity index (χ2v) is 21.9. The molecule has 1 heterocycles. The summed E-state index contributed by atoms with van der Waals surface area (Å²) in [5, 5.41) is 62.8. The van der Waals surface area contributed by atoms with Gasteiger partial charge in [-0.1, -0.05) is 77.8 Å². The van der Waals surface area contributed by atoms with Crippen LogP contribution in [0.25, 0.3) is 0 Å². The van der Waals surface area contributed by atoms with Gasteiger partial charge in [0, 0.05) is 32.7 Å². The van der Waals surface area contributed by atoms with Crippen LogP contribution in [0.4, 0.5) is 0 Å². The van der Waals surface area contributed by atoms with Gasteiger partial charge in [0.25, 0.3) is 5.91 Å². The number of benzene rings is 1. The number of aryl methyl sites for hydroxylation is 1. The van der Waals surface area contributed by atoms with Crippen molar-refractivity contribution in [3.63, 3.8) is 0 Å². The Balaban J connectivity index is 2.19. The fraction of sp³-hybridized carbons (Fsp3) is 0.625. The number of carbonyl (C=O) groups excluding carboxylic acids is 13. The standard InChI is InChI=1S/C56H86N12O19/c1-10-13-34(46(77)55(86)58-25-40(72)65-45(30(8)70)54(85)64-38(26-69)51(82)63-37(24-32-17-15-29(7)16-18-32)50(81)60-33(11-2)47(57)78)61-52(83)39-14-12-23-68(39)56(87)44(28(5)6)67-53(84)43(27(3)4)66-49(80)36(20-22-42(75)76)62-48(79)35(59-31(9)71)19-21-41(73)74/h15-18,27-28,30,33-39,43-45,69-70H,10-14,19-26H2,1-9H3,(H2,57,78)(H,58,86)(H,59,71)(H,60,81)(H,61,83)(H,62,79)(H,63,82)(H,64,85)(H,65,72)(H,66,80)(H,67,84)(H,73,74)(H,75,76)/t30?,33-,34-,35-,36-,37-,38+,39-,43-,44-,45-/m0/s1. The number of nitrogens with two attached hydrogens (primary N) is 1. The molecule has 1 aromatic carbocycles. The Morgan fingerprint density at radius 2 is 1.09 bits per heavy atom. The molecule has 31 heteroatoms. The lowest BCUT2D eigenvalue weighted by atomic mass is 9.98. The molecule has 1 saturated heterocycles. The topological polar surface area (TPSA) is 487 Å². The first-order valence-corrected chi connectivity index (χ1v) is 28.7. The fourth-order valence-corrected chi connectivity index (χ4v) is 9.02. The average molecular weight is 1230 g/mol. The van der Waals surface area contributed by atoms with Gasteiger partial charge in [-0.3, -0.25) is 71.9 Å². The van der Waals surface area contributed by atoms with Crippen molar-refractivity contribution in [2.24, 2.45) is 17.6 Å². The maximum atomic E-state index is 14.3. The van der Waals surface area contributed by atoms with Crippen LogP contribution in [-0.4, -0.2) is 200 Å². The van der Waals surface area contributed by atoms with E-state index in [1.165, 1.54) is 4.90 Å². The molecule has 0 aliphatic carbocycles. The van der Waals surface area contributed by atoms with Crippen molar-refractivity contribution in [2.45, 2.75) is 193 Å². The second kappa shape index (κ2) is 36.4. The van der Waals surface area contributed by atoms with Crippen molar-refractivity contribution in [1.82, 2.24) is 58.1 Å². The maximum Gasteiger partial charge on any atom is 0.303 e. The number of ketones is 1. The highest BCUT2D eigenvalue weighted by Gasteiger charge is 2.42. The van der Waals surface area contributed by atoms with Crippen molar-refractivity contribution in [1.29, 1.82) is 0 Å². The number of aliphatic hydroxyl groups excluding tert-OH is 2. The number of hydrogen-bond acceptors (Lipinski definition) is 17. The smallest absolute Gasteiger partial charge is 0.303 e. The monoisotopic (exact) mass is 1230 g/mol. The molecule has 0 saturated carbocycles. The molecule has 2 rings (SSSR count). The van der Waals surface area contributed by atoms with Gasteiger partial charge in [-0.05, 0) is 69.8 Å². The van der Waals surface area contributed by atoms with Crippen molar-refractivity contribution >= 4 is 88.6 Å². The molecule has 87 heavy (non-hydrogen) atoms. The number of carbonyl (C=O) groups is 15. The molecule has 0 spiro atoms. The van der Waals surface area contributed by atoms with E-state index in [9.17, 15) is 87.2 Å². The predicted octanol–water partition coefficient (Wildman–Crippen LogP) is -4.29. The number of aliphatic carboxylic acids is 2. The highest BCUT2D eigenvalue weighted by molar-refractivity contribution is 6.38. The summed E-state index contributed by atoms with van der Waals surface area (Å²) >= 11 is 0. The van der Waals surface area contributed by atoms with Gasteiger partial charge in [0.2, 0.25) is 70.8 Å². The van der Waals surface area contributed by atoms with Gasteiger partial charge in [-0.15, -0.1) is 0 Å². The number of likely N-dealkylation sites (tertiary alicyclic amines) is 1. The van der Waals surface area contributed by atoms with E-state index < -0.39 is 199 Å². The van der Waals surface area contributed by atoms with Crippen LogP contribution < -0.4 is 58.9 Å². The Hall–Kier alpha value is -8.61. The van der Waals surface area contributed by atoms with Gasteiger partial charge in [0.1, 0.15) is 54.4 Å². The zero-order chi connectivity index (χ0) is 66.0. The van der Waals surface area contributed by atoms with Gasteiger partial charge in [0.05, 0.1) is 25.3 Å². The summed E-state index contributed by atoms with van der Waals surface area (Å²) in [5.74, 6) is -16.7. The van der Waals surface area contributed by atoms with Crippen LogP contribution in [0.15, 0.2) is 24.3 Å². The minimum Gasteiger partial charge on any atom is -0.481 e. The third-order valence-corrected chi connectivity index (χ3v) is 13.9. The number of Topliss-reactive ketones (excluding diaryl/α,β-unsaturated/α-hetero) is 1. The van der Waals surface area contributed by atoms with Crippen LogP contribution in [0.2, 0.25) is 0 Å². The second-order valence-electron chi connectivity index (χ2n) is 21.9. The summed E-state index contributed by atoms with van der Waals surface area (Å²) in [7, 11) is 0. The van der Waals surface area contributed by atoms with Crippen LogP contribution >= 0.6 is 0 Å². The molecule has 1 unspecified atom stereocenters. The number of amides is 12. The zero-order valence-electron chi connectivity index (χ0n) is 50.4. The van der Waals surface area contributed by atoms with Crippen molar-refractivity contribution in [3.8, 4) is 0 Å². The molecular weight excluding hydrogens is 1140 g/mol. The number of nitrogens with one attached hydrogen (secondary N) is 10. The van der Waals surface area contributed by atoms with Crippen LogP contribution in [0.5, 0.6) is 0 Å². The van der Waals surface area contributed by atoms with E-state index in [4.69, 9.17) is 10.8 Å². The Morgan fingerprint density at radius 1 is 0.598 bits per heavy atom.